The van der Waals surface area contributed by atoms with Crippen molar-refractivity contribution >= 4 is 56.5 Å². The second-order valence-corrected chi connectivity index (χ2v) is 8.36. The van der Waals surface area contributed by atoms with E-state index in [1.165, 1.54) is 24.7 Å². The summed E-state index contributed by atoms with van der Waals surface area (Å²) in [6.45, 7) is 0.840. The predicted octanol–water partition coefficient (Wildman–Crippen LogP) is 5.00. The summed E-state index contributed by atoms with van der Waals surface area (Å²) in [7, 11) is 0. The van der Waals surface area contributed by atoms with Gasteiger partial charge in [-0.3, -0.25) is 0 Å². The van der Waals surface area contributed by atoms with Gasteiger partial charge in [0.2, 0.25) is 0 Å². The Hall–Kier alpha value is -3.20. The number of anilines is 3. The number of rotatable bonds is 7. The number of aliphatic hydroxyl groups excluding tert-OH is 1. The first-order valence-electron chi connectivity index (χ1n) is 9.40. The number of aromatic nitrogens is 2. The van der Waals surface area contributed by atoms with Crippen molar-refractivity contribution in [3.05, 3.63) is 65.8 Å². The number of benzene rings is 2. The number of carbonyl (C=O) groups is 1. The zero-order chi connectivity index (χ0) is 22.0. The third kappa shape index (κ3) is 4.18. The third-order valence-corrected chi connectivity index (χ3v) is 6.05. The number of halogens is 1. The van der Waals surface area contributed by atoms with Crippen molar-refractivity contribution in [1.82, 2.24) is 9.36 Å². The second kappa shape index (κ2) is 8.50. The molecule has 0 aliphatic rings. The lowest BCUT2D eigenvalue weighted by Gasteiger charge is -2.24. The molecule has 0 aliphatic heterocycles. The van der Waals surface area contributed by atoms with E-state index in [0.29, 0.717) is 27.7 Å². The normalized spacial score (nSPS) is 13.0. The van der Waals surface area contributed by atoms with E-state index in [-0.39, 0.29) is 0 Å². The quantitative estimate of drug-likeness (QED) is 0.311. The number of nitrogens with zero attached hydrogens (tertiary/aromatic N) is 2. The first kappa shape index (κ1) is 21.0. The summed E-state index contributed by atoms with van der Waals surface area (Å²) in [6.07, 6.45) is 1.51. The molecule has 9 heteroatoms. The van der Waals surface area contributed by atoms with E-state index in [9.17, 15) is 15.0 Å². The van der Waals surface area contributed by atoms with Crippen LogP contribution in [0.3, 0.4) is 0 Å². The van der Waals surface area contributed by atoms with Gasteiger partial charge in [0, 0.05) is 5.56 Å². The fourth-order valence-corrected chi connectivity index (χ4v) is 4.08. The van der Waals surface area contributed by atoms with E-state index >= 15 is 0 Å². The smallest absolute Gasteiger partial charge is 0.331 e. The molecule has 0 amide bonds. The van der Waals surface area contributed by atoms with E-state index < -0.39 is 18.1 Å². The number of hydrogen-bond donors (Lipinski definition) is 4. The molecule has 0 saturated heterocycles. The highest BCUT2D eigenvalue weighted by atomic mass is 35.5. The van der Waals surface area contributed by atoms with Crippen LogP contribution in [0.15, 0.2) is 60.8 Å². The maximum atomic E-state index is 11.4. The maximum Gasteiger partial charge on any atom is 0.331 e. The SMILES string of the molecule is CC(CO)(Nc1cnc2c(Nc3cccc(-c4ccccc4)c3Cl)nsc2c1)C(=O)O. The highest BCUT2D eigenvalue weighted by molar-refractivity contribution is 7.13. The molecule has 1 atom stereocenters. The van der Waals surface area contributed by atoms with Gasteiger partial charge < -0.3 is 20.8 Å². The molecule has 4 N–H and O–H groups in total. The van der Waals surface area contributed by atoms with Gasteiger partial charge >= 0.3 is 5.97 Å². The fourth-order valence-electron chi connectivity index (χ4n) is 3.06. The molecule has 0 fully saturated rings. The van der Waals surface area contributed by atoms with Crippen molar-refractivity contribution in [2.75, 3.05) is 17.2 Å². The minimum absolute atomic E-state index is 0.478. The Labute approximate surface area is 187 Å². The molecule has 2 aromatic heterocycles. The monoisotopic (exact) mass is 454 g/mol. The van der Waals surface area contributed by atoms with Crippen LogP contribution in [-0.4, -0.2) is 37.7 Å². The topological polar surface area (TPSA) is 107 Å². The summed E-state index contributed by atoms with van der Waals surface area (Å²) in [5.41, 5.74) is 2.23. The molecule has 0 saturated carbocycles. The zero-order valence-electron chi connectivity index (χ0n) is 16.5. The summed E-state index contributed by atoms with van der Waals surface area (Å²) in [6, 6.07) is 17.4. The first-order chi connectivity index (χ1) is 14.9. The average molecular weight is 455 g/mol. The van der Waals surface area contributed by atoms with Crippen LogP contribution in [0.25, 0.3) is 21.3 Å². The van der Waals surface area contributed by atoms with Gasteiger partial charge in [-0.2, -0.15) is 4.37 Å². The summed E-state index contributed by atoms with van der Waals surface area (Å²) in [5.74, 6) is -0.600. The maximum absolute atomic E-state index is 11.4. The van der Waals surface area contributed by atoms with Crippen molar-refractivity contribution < 1.29 is 15.0 Å². The van der Waals surface area contributed by atoms with Gasteiger partial charge in [-0.15, -0.1) is 0 Å². The van der Waals surface area contributed by atoms with Crippen LogP contribution in [0.5, 0.6) is 0 Å². The number of hydrogen-bond acceptors (Lipinski definition) is 7. The van der Waals surface area contributed by atoms with E-state index in [2.05, 4.69) is 20.0 Å². The Kier molecular flexibility index (Phi) is 5.77. The van der Waals surface area contributed by atoms with E-state index in [4.69, 9.17) is 11.6 Å². The highest BCUT2D eigenvalue weighted by Gasteiger charge is 2.32. The number of carboxylic acids is 1. The van der Waals surface area contributed by atoms with Gasteiger partial charge in [0.15, 0.2) is 11.4 Å². The Morgan fingerprint density at radius 1 is 1.19 bits per heavy atom. The van der Waals surface area contributed by atoms with Gasteiger partial charge in [0.1, 0.15) is 5.52 Å². The lowest BCUT2D eigenvalue weighted by atomic mass is 10.0. The van der Waals surface area contributed by atoms with E-state index in [1.54, 1.807) is 6.07 Å². The van der Waals surface area contributed by atoms with Gasteiger partial charge in [-0.05, 0) is 36.2 Å². The molecule has 0 bridgehead atoms. The van der Waals surface area contributed by atoms with Crippen LogP contribution in [0.1, 0.15) is 6.92 Å². The van der Waals surface area contributed by atoms with Crippen LogP contribution in [-0.2, 0) is 4.79 Å². The second-order valence-electron chi connectivity index (χ2n) is 7.18. The Morgan fingerprint density at radius 2 is 1.97 bits per heavy atom. The minimum Gasteiger partial charge on any atom is -0.479 e. The van der Waals surface area contributed by atoms with Crippen LogP contribution in [0.2, 0.25) is 5.02 Å². The number of fused-ring (bicyclic) bond motifs is 1. The largest absolute Gasteiger partial charge is 0.479 e. The van der Waals surface area contributed by atoms with Crippen molar-refractivity contribution in [3.8, 4) is 11.1 Å². The van der Waals surface area contributed by atoms with E-state index in [1.807, 2.05) is 48.5 Å². The number of nitrogens with one attached hydrogen (secondary N) is 2. The number of aliphatic carboxylic acids is 1. The Bertz CT molecular complexity index is 1250. The van der Waals surface area contributed by atoms with Crippen LogP contribution < -0.4 is 10.6 Å². The molecule has 4 rings (SSSR count). The molecular formula is C22H19ClN4O3S. The molecule has 1 unspecified atom stereocenters. The number of carboxylic acid groups (broad SMARTS) is 1. The molecule has 31 heavy (non-hydrogen) atoms. The highest BCUT2D eigenvalue weighted by Crippen LogP contribution is 2.37. The molecule has 4 aromatic rings. The molecular weight excluding hydrogens is 436 g/mol. The predicted molar refractivity (Wildman–Crippen MR) is 124 cm³/mol. The molecule has 2 aromatic carbocycles. The standard InChI is InChI=1S/C22H19ClN4O3S/c1-22(12-28,21(29)30)26-14-10-17-19(24-11-14)20(27-31-17)25-16-9-5-8-15(18(16)23)13-6-3-2-4-7-13/h2-11,26,28H,12H2,1H3,(H,25,27)(H,29,30). The lowest BCUT2D eigenvalue weighted by molar-refractivity contribution is -0.143. The minimum atomic E-state index is -1.51. The van der Waals surface area contributed by atoms with Gasteiger partial charge in [0.25, 0.3) is 0 Å². The molecule has 7 nitrogen and oxygen atoms in total. The van der Waals surface area contributed by atoms with Crippen LogP contribution in [0.4, 0.5) is 17.2 Å². The van der Waals surface area contributed by atoms with Crippen LogP contribution >= 0.6 is 23.1 Å². The summed E-state index contributed by atoms with van der Waals surface area (Å²) in [4.78, 5) is 15.8. The van der Waals surface area contributed by atoms with Crippen molar-refractivity contribution in [1.29, 1.82) is 0 Å². The third-order valence-electron chi connectivity index (χ3n) is 4.86. The summed E-state index contributed by atoms with van der Waals surface area (Å²) in [5, 5.41) is 25.4. The van der Waals surface area contributed by atoms with Crippen LogP contribution in [0, 0.1) is 0 Å². The van der Waals surface area contributed by atoms with Gasteiger partial charge in [-0.25, -0.2) is 9.78 Å². The van der Waals surface area contributed by atoms with Crippen molar-refractivity contribution in [2.24, 2.45) is 0 Å². The number of pyridine rings is 1. The lowest BCUT2D eigenvalue weighted by Crippen LogP contribution is -2.46. The van der Waals surface area contributed by atoms with Gasteiger partial charge in [-0.1, -0.05) is 54.1 Å². The molecule has 0 aliphatic carbocycles. The van der Waals surface area contributed by atoms with Crippen molar-refractivity contribution in [2.45, 2.75) is 12.5 Å². The number of aliphatic hydroxyl groups is 1. The fraction of sp³-hybridized carbons (Fsp3) is 0.136. The van der Waals surface area contributed by atoms with E-state index in [0.717, 1.165) is 15.8 Å². The first-order valence-corrected chi connectivity index (χ1v) is 10.6. The zero-order valence-corrected chi connectivity index (χ0v) is 18.0. The molecule has 0 spiro atoms. The van der Waals surface area contributed by atoms with Gasteiger partial charge in [0.05, 0.1) is 33.9 Å². The molecule has 0 radical (unpaired) electrons. The average Bonchev–Trinajstić information content (AvgIpc) is 3.17. The molecule has 2 heterocycles. The Morgan fingerprint density at radius 3 is 2.68 bits per heavy atom. The summed E-state index contributed by atoms with van der Waals surface area (Å²) >= 11 is 7.89. The Balaban J connectivity index is 1.63. The molecule has 158 valence electrons. The summed E-state index contributed by atoms with van der Waals surface area (Å²) < 4.78 is 5.20. The van der Waals surface area contributed by atoms with Crippen molar-refractivity contribution in [3.63, 3.8) is 0 Å².